The van der Waals surface area contributed by atoms with Crippen LogP contribution in [0.1, 0.15) is 32.6 Å². The van der Waals surface area contributed by atoms with Crippen LogP contribution in [0.3, 0.4) is 0 Å². The van der Waals surface area contributed by atoms with Gasteiger partial charge in [-0.2, -0.15) is 0 Å². The Kier molecular flexibility index (Phi) is 6.72. The van der Waals surface area contributed by atoms with E-state index >= 15 is 0 Å². The predicted octanol–water partition coefficient (Wildman–Crippen LogP) is 2.87. The quantitative estimate of drug-likeness (QED) is 0.884. The lowest BCUT2D eigenvalue weighted by molar-refractivity contribution is -0.134. The number of rotatable bonds is 4. The van der Waals surface area contributed by atoms with Crippen LogP contribution in [0.5, 0.6) is 0 Å². The SMILES string of the molecule is CC1CCC(N(C)CC(=O)N2CCN(C(=O)Nc3ccccc3)CC2)CC1. The number of carbonyl (C=O) groups excluding carboxylic acids is 2. The second-order valence-corrected chi connectivity index (χ2v) is 7.99. The van der Waals surface area contributed by atoms with Crippen LogP contribution in [-0.4, -0.2) is 72.5 Å². The number of urea groups is 1. The van der Waals surface area contributed by atoms with Gasteiger partial charge in [-0.1, -0.05) is 25.1 Å². The van der Waals surface area contributed by atoms with E-state index in [2.05, 4.69) is 24.2 Å². The van der Waals surface area contributed by atoms with Crippen molar-refractivity contribution in [2.45, 2.75) is 38.6 Å². The van der Waals surface area contributed by atoms with Crippen molar-refractivity contribution in [3.8, 4) is 0 Å². The molecule has 1 aliphatic heterocycles. The van der Waals surface area contributed by atoms with E-state index in [9.17, 15) is 9.59 Å². The molecule has 2 fully saturated rings. The van der Waals surface area contributed by atoms with Crippen molar-refractivity contribution < 1.29 is 9.59 Å². The van der Waals surface area contributed by atoms with Gasteiger partial charge in [0.2, 0.25) is 5.91 Å². The molecule has 1 heterocycles. The third kappa shape index (κ3) is 5.45. The number of benzene rings is 1. The van der Waals surface area contributed by atoms with Crippen molar-refractivity contribution in [3.05, 3.63) is 30.3 Å². The fourth-order valence-electron chi connectivity index (χ4n) is 4.01. The summed E-state index contributed by atoms with van der Waals surface area (Å²) in [5.74, 6) is 1.000. The number of anilines is 1. The molecule has 2 aliphatic rings. The summed E-state index contributed by atoms with van der Waals surface area (Å²) >= 11 is 0. The zero-order chi connectivity index (χ0) is 19.2. The highest BCUT2D eigenvalue weighted by Crippen LogP contribution is 2.26. The molecule has 27 heavy (non-hydrogen) atoms. The van der Waals surface area contributed by atoms with E-state index < -0.39 is 0 Å². The third-order valence-electron chi connectivity index (χ3n) is 5.94. The number of carbonyl (C=O) groups is 2. The molecule has 0 aromatic heterocycles. The molecule has 0 radical (unpaired) electrons. The highest BCUT2D eigenvalue weighted by molar-refractivity contribution is 5.89. The van der Waals surface area contributed by atoms with Crippen LogP contribution >= 0.6 is 0 Å². The lowest BCUT2D eigenvalue weighted by Crippen LogP contribution is -2.53. The summed E-state index contributed by atoms with van der Waals surface area (Å²) in [7, 11) is 2.07. The van der Waals surface area contributed by atoms with E-state index in [0.717, 1.165) is 11.6 Å². The van der Waals surface area contributed by atoms with Crippen molar-refractivity contribution >= 4 is 17.6 Å². The highest BCUT2D eigenvalue weighted by Gasteiger charge is 2.27. The van der Waals surface area contributed by atoms with Crippen LogP contribution in [-0.2, 0) is 4.79 Å². The second kappa shape index (κ2) is 9.22. The Labute approximate surface area is 162 Å². The number of piperazine rings is 1. The molecular formula is C21H32N4O2. The molecule has 3 rings (SSSR count). The van der Waals surface area contributed by atoms with Crippen LogP contribution in [0.2, 0.25) is 0 Å². The average molecular weight is 373 g/mol. The van der Waals surface area contributed by atoms with Crippen molar-refractivity contribution in [1.82, 2.24) is 14.7 Å². The van der Waals surface area contributed by atoms with Crippen molar-refractivity contribution in [2.75, 3.05) is 45.1 Å². The van der Waals surface area contributed by atoms with Crippen LogP contribution in [0, 0.1) is 5.92 Å². The topological polar surface area (TPSA) is 55.9 Å². The Morgan fingerprint density at radius 1 is 1.00 bits per heavy atom. The Bertz CT molecular complexity index is 620. The van der Waals surface area contributed by atoms with Gasteiger partial charge in [0, 0.05) is 37.9 Å². The molecule has 148 valence electrons. The van der Waals surface area contributed by atoms with Gasteiger partial charge in [0.1, 0.15) is 0 Å². The van der Waals surface area contributed by atoms with E-state index in [1.54, 1.807) is 4.90 Å². The number of hydrogen-bond donors (Lipinski definition) is 1. The number of para-hydroxylation sites is 1. The predicted molar refractivity (Wildman–Crippen MR) is 108 cm³/mol. The molecule has 1 aromatic rings. The standard InChI is InChI=1S/C21H32N4O2/c1-17-8-10-19(11-9-17)23(2)16-20(26)24-12-14-25(15-13-24)21(27)22-18-6-4-3-5-7-18/h3-7,17,19H,8-16H2,1-2H3,(H,22,27). The lowest BCUT2D eigenvalue weighted by Gasteiger charge is -2.37. The summed E-state index contributed by atoms with van der Waals surface area (Å²) < 4.78 is 0. The minimum absolute atomic E-state index is 0.0956. The van der Waals surface area contributed by atoms with Gasteiger partial charge in [-0.05, 0) is 50.8 Å². The number of likely N-dealkylation sites (N-methyl/N-ethyl adjacent to an activating group) is 1. The Morgan fingerprint density at radius 3 is 2.22 bits per heavy atom. The zero-order valence-corrected chi connectivity index (χ0v) is 16.6. The Balaban J connectivity index is 1.41. The van der Waals surface area contributed by atoms with Crippen LogP contribution < -0.4 is 5.32 Å². The molecule has 0 bridgehead atoms. The number of amides is 3. The molecule has 1 aliphatic carbocycles. The summed E-state index contributed by atoms with van der Waals surface area (Å²) in [4.78, 5) is 30.9. The Morgan fingerprint density at radius 2 is 1.59 bits per heavy atom. The molecule has 1 saturated carbocycles. The molecule has 6 nitrogen and oxygen atoms in total. The molecule has 1 aromatic carbocycles. The monoisotopic (exact) mass is 372 g/mol. The summed E-state index contributed by atoms with van der Waals surface area (Å²) in [6.07, 6.45) is 4.91. The lowest BCUT2D eigenvalue weighted by atomic mass is 9.87. The first-order chi connectivity index (χ1) is 13.0. The molecule has 1 N–H and O–H groups in total. The second-order valence-electron chi connectivity index (χ2n) is 7.99. The first-order valence-corrected chi connectivity index (χ1v) is 10.1. The summed E-state index contributed by atoms with van der Waals surface area (Å²) in [6, 6.07) is 9.90. The Hall–Kier alpha value is -2.08. The number of hydrogen-bond acceptors (Lipinski definition) is 3. The van der Waals surface area contributed by atoms with Gasteiger partial charge in [0.25, 0.3) is 0 Å². The third-order valence-corrected chi connectivity index (χ3v) is 5.94. The first kappa shape index (κ1) is 19.7. The van der Waals surface area contributed by atoms with Gasteiger partial charge in [-0.15, -0.1) is 0 Å². The van der Waals surface area contributed by atoms with Crippen molar-refractivity contribution in [1.29, 1.82) is 0 Å². The van der Waals surface area contributed by atoms with Crippen LogP contribution in [0.15, 0.2) is 30.3 Å². The number of nitrogens with zero attached hydrogens (tertiary/aromatic N) is 3. The molecule has 0 atom stereocenters. The maximum atomic E-state index is 12.6. The van der Waals surface area contributed by atoms with Gasteiger partial charge in [0.15, 0.2) is 0 Å². The van der Waals surface area contributed by atoms with E-state index in [0.29, 0.717) is 38.8 Å². The first-order valence-electron chi connectivity index (χ1n) is 10.1. The molecule has 0 unspecified atom stereocenters. The summed E-state index contributed by atoms with van der Waals surface area (Å²) in [5.41, 5.74) is 0.796. The zero-order valence-electron chi connectivity index (χ0n) is 16.6. The molecular weight excluding hydrogens is 340 g/mol. The van der Waals surface area contributed by atoms with E-state index in [1.165, 1.54) is 25.7 Å². The van der Waals surface area contributed by atoms with Gasteiger partial charge in [-0.3, -0.25) is 9.69 Å². The molecule has 0 spiro atoms. The van der Waals surface area contributed by atoms with Gasteiger partial charge in [-0.25, -0.2) is 4.79 Å². The summed E-state index contributed by atoms with van der Waals surface area (Å²) in [6.45, 7) is 5.17. The fourth-order valence-corrected chi connectivity index (χ4v) is 4.01. The van der Waals surface area contributed by atoms with E-state index in [4.69, 9.17) is 0 Å². The maximum absolute atomic E-state index is 12.6. The average Bonchev–Trinajstić information content (AvgIpc) is 2.69. The number of nitrogens with one attached hydrogen (secondary N) is 1. The van der Waals surface area contributed by atoms with Crippen LogP contribution in [0.4, 0.5) is 10.5 Å². The minimum atomic E-state index is -0.0956. The largest absolute Gasteiger partial charge is 0.338 e. The van der Waals surface area contributed by atoms with E-state index in [-0.39, 0.29) is 11.9 Å². The normalized spacial score (nSPS) is 23.4. The smallest absolute Gasteiger partial charge is 0.321 e. The maximum Gasteiger partial charge on any atom is 0.321 e. The van der Waals surface area contributed by atoms with Gasteiger partial charge < -0.3 is 15.1 Å². The van der Waals surface area contributed by atoms with E-state index in [1.807, 2.05) is 35.2 Å². The van der Waals surface area contributed by atoms with Crippen LogP contribution in [0.25, 0.3) is 0 Å². The summed E-state index contributed by atoms with van der Waals surface area (Å²) in [5, 5.41) is 2.91. The van der Waals surface area contributed by atoms with Crippen molar-refractivity contribution in [2.24, 2.45) is 5.92 Å². The molecule has 6 heteroatoms. The fraction of sp³-hybridized carbons (Fsp3) is 0.619. The molecule has 1 saturated heterocycles. The minimum Gasteiger partial charge on any atom is -0.338 e. The van der Waals surface area contributed by atoms with Gasteiger partial charge in [0.05, 0.1) is 6.54 Å². The van der Waals surface area contributed by atoms with Gasteiger partial charge >= 0.3 is 6.03 Å². The highest BCUT2D eigenvalue weighted by atomic mass is 16.2. The molecule has 3 amide bonds. The van der Waals surface area contributed by atoms with Crippen molar-refractivity contribution in [3.63, 3.8) is 0 Å².